The first-order valence-corrected chi connectivity index (χ1v) is 4.42. The standard InChI is InChI=1S/C8H12N4O/c1-5-2-6(3-5)11-8(13)7-9-4-10-12-7/h4-6H,2-3H2,1H3,(H,11,13)(H,9,10,12). The first kappa shape index (κ1) is 8.22. The SMILES string of the molecule is CC1CC(NC(=O)c2ncn[nH]2)C1. The van der Waals surface area contributed by atoms with Crippen molar-refractivity contribution in [2.45, 2.75) is 25.8 Å². The number of H-pyrrole nitrogens is 1. The highest BCUT2D eigenvalue weighted by Crippen LogP contribution is 2.26. The Kier molecular flexibility index (Phi) is 2.00. The molecule has 2 rings (SSSR count). The monoisotopic (exact) mass is 180 g/mol. The van der Waals surface area contributed by atoms with Gasteiger partial charge in [0, 0.05) is 6.04 Å². The normalized spacial score (nSPS) is 26.5. The van der Waals surface area contributed by atoms with E-state index in [1.807, 2.05) is 0 Å². The zero-order valence-electron chi connectivity index (χ0n) is 7.45. The molecule has 1 aromatic heterocycles. The van der Waals surface area contributed by atoms with E-state index in [4.69, 9.17) is 0 Å². The second-order valence-electron chi connectivity index (χ2n) is 3.58. The summed E-state index contributed by atoms with van der Waals surface area (Å²) in [4.78, 5) is 15.1. The number of rotatable bonds is 2. The second-order valence-corrected chi connectivity index (χ2v) is 3.58. The van der Waals surface area contributed by atoms with Gasteiger partial charge < -0.3 is 5.32 Å². The minimum atomic E-state index is -0.158. The van der Waals surface area contributed by atoms with Crippen molar-refractivity contribution in [3.05, 3.63) is 12.2 Å². The molecule has 0 saturated heterocycles. The first-order valence-electron chi connectivity index (χ1n) is 4.42. The van der Waals surface area contributed by atoms with Crippen molar-refractivity contribution in [1.82, 2.24) is 20.5 Å². The Labute approximate surface area is 75.9 Å². The van der Waals surface area contributed by atoms with Crippen LogP contribution < -0.4 is 5.32 Å². The average Bonchev–Trinajstić information content (AvgIpc) is 2.53. The first-order chi connectivity index (χ1) is 6.25. The summed E-state index contributed by atoms with van der Waals surface area (Å²) in [6, 6.07) is 0.326. The maximum absolute atomic E-state index is 11.4. The summed E-state index contributed by atoms with van der Waals surface area (Å²) in [5.41, 5.74) is 0. The van der Waals surface area contributed by atoms with Gasteiger partial charge in [0.15, 0.2) is 0 Å². The molecule has 0 aliphatic heterocycles. The highest BCUT2D eigenvalue weighted by atomic mass is 16.2. The number of hydrogen-bond acceptors (Lipinski definition) is 3. The highest BCUT2D eigenvalue weighted by molar-refractivity contribution is 5.90. The van der Waals surface area contributed by atoms with E-state index in [0.717, 1.165) is 18.8 Å². The number of nitrogens with zero attached hydrogens (tertiary/aromatic N) is 2. The number of hydrogen-bond donors (Lipinski definition) is 2. The Morgan fingerprint density at radius 2 is 2.46 bits per heavy atom. The van der Waals surface area contributed by atoms with Crippen LogP contribution >= 0.6 is 0 Å². The van der Waals surface area contributed by atoms with Crippen molar-refractivity contribution >= 4 is 5.91 Å². The van der Waals surface area contributed by atoms with E-state index < -0.39 is 0 Å². The number of aromatic nitrogens is 3. The third kappa shape index (κ3) is 1.68. The Morgan fingerprint density at radius 3 is 3.00 bits per heavy atom. The van der Waals surface area contributed by atoms with E-state index in [0.29, 0.717) is 11.9 Å². The van der Waals surface area contributed by atoms with Gasteiger partial charge in [0.2, 0.25) is 5.82 Å². The smallest absolute Gasteiger partial charge is 0.288 e. The molecular weight excluding hydrogens is 168 g/mol. The number of amides is 1. The molecule has 0 unspecified atom stereocenters. The topological polar surface area (TPSA) is 70.7 Å². The van der Waals surface area contributed by atoms with Gasteiger partial charge in [-0.25, -0.2) is 4.98 Å². The molecule has 1 amide bonds. The summed E-state index contributed by atoms with van der Waals surface area (Å²) in [5, 5.41) is 9.02. The van der Waals surface area contributed by atoms with Crippen LogP contribution in [0.15, 0.2) is 6.33 Å². The van der Waals surface area contributed by atoms with Gasteiger partial charge in [-0.2, -0.15) is 5.10 Å². The van der Waals surface area contributed by atoms with Crippen molar-refractivity contribution in [2.75, 3.05) is 0 Å². The molecule has 5 nitrogen and oxygen atoms in total. The van der Waals surface area contributed by atoms with Gasteiger partial charge in [-0.1, -0.05) is 6.92 Å². The molecule has 1 saturated carbocycles. The maximum atomic E-state index is 11.4. The lowest BCUT2D eigenvalue weighted by Crippen LogP contribution is -2.43. The predicted molar refractivity (Wildman–Crippen MR) is 46.0 cm³/mol. The third-order valence-corrected chi connectivity index (χ3v) is 2.34. The summed E-state index contributed by atoms with van der Waals surface area (Å²) in [7, 11) is 0. The van der Waals surface area contributed by atoms with Gasteiger partial charge >= 0.3 is 0 Å². The van der Waals surface area contributed by atoms with Crippen LogP contribution in [0.3, 0.4) is 0 Å². The van der Waals surface area contributed by atoms with Gasteiger partial charge in [0.25, 0.3) is 5.91 Å². The van der Waals surface area contributed by atoms with Crippen LogP contribution in [0.4, 0.5) is 0 Å². The van der Waals surface area contributed by atoms with Crippen LogP contribution in [-0.2, 0) is 0 Å². The summed E-state index contributed by atoms with van der Waals surface area (Å²) in [5.74, 6) is 0.869. The van der Waals surface area contributed by atoms with Gasteiger partial charge in [-0.3, -0.25) is 9.89 Å². The fourth-order valence-corrected chi connectivity index (χ4v) is 1.59. The number of aromatic amines is 1. The van der Waals surface area contributed by atoms with Crippen molar-refractivity contribution in [3.8, 4) is 0 Å². The zero-order valence-corrected chi connectivity index (χ0v) is 7.45. The summed E-state index contributed by atoms with van der Waals surface area (Å²) in [6.07, 6.45) is 3.47. The Hall–Kier alpha value is -1.39. The van der Waals surface area contributed by atoms with E-state index in [9.17, 15) is 4.79 Å². The summed E-state index contributed by atoms with van der Waals surface area (Å²) < 4.78 is 0. The molecule has 1 fully saturated rings. The van der Waals surface area contributed by atoms with E-state index in [2.05, 4.69) is 27.4 Å². The minimum absolute atomic E-state index is 0.158. The molecule has 2 N–H and O–H groups in total. The van der Waals surface area contributed by atoms with Gasteiger partial charge in [-0.15, -0.1) is 0 Å². The highest BCUT2D eigenvalue weighted by Gasteiger charge is 2.27. The van der Waals surface area contributed by atoms with Crippen LogP contribution in [0.25, 0.3) is 0 Å². The van der Waals surface area contributed by atoms with Crippen LogP contribution in [0, 0.1) is 5.92 Å². The van der Waals surface area contributed by atoms with Crippen LogP contribution in [0.2, 0.25) is 0 Å². The predicted octanol–water partition coefficient (Wildman–Crippen LogP) is 0.333. The zero-order chi connectivity index (χ0) is 9.26. The van der Waals surface area contributed by atoms with E-state index in [1.165, 1.54) is 6.33 Å². The molecular formula is C8H12N4O. The van der Waals surface area contributed by atoms with Crippen LogP contribution in [0.1, 0.15) is 30.4 Å². The molecule has 70 valence electrons. The lowest BCUT2D eigenvalue weighted by atomic mass is 9.82. The fourth-order valence-electron chi connectivity index (χ4n) is 1.59. The number of nitrogens with one attached hydrogen (secondary N) is 2. The molecule has 0 bridgehead atoms. The fraction of sp³-hybridized carbons (Fsp3) is 0.625. The molecule has 5 heteroatoms. The molecule has 1 aliphatic rings. The maximum Gasteiger partial charge on any atom is 0.288 e. The van der Waals surface area contributed by atoms with Gasteiger partial charge in [-0.05, 0) is 18.8 Å². The molecule has 1 aromatic rings. The molecule has 1 aliphatic carbocycles. The van der Waals surface area contributed by atoms with E-state index >= 15 is 0 Å². The molecule has 0 atom stereocenters. The van der Waals surface area contributed by atoms with Crippen molar-refractivity contribution in [2.24, 2.45) is 5.92 Å². The summed E-state index contributed by atoms with van der Waals surface area (Å²) >= 11 is 0. The summed E-state index contributed by atoms with van der Waals surface area (Å²) in [6.45, 7) is 2.18. The molecule has 13 heavy (non-hydrogen) atoms. The van der Waals surface area contributed by atoms with E-state index in [1.54, 1.807) is 0 Å². The quantitative estimate of drug-likeness (QED) is 0.689. The van der Waals surface area contributed by atoms with Crippen LogP contribution in [0.5, 0.6) is 0 Å². The molecule has 0 aromatic carbocycles. The van der Waals surface area contributed by atoms with Crippen molar-refractivity contribution in [1.29, 1.82) is 0 Å². The Bertz CT molecular complexity index is 289. The second kappa shape index (κ2) is 3.16. The molecule has 1 heterocycles. The Morgan fingerprint density at radius 1 is 1.69 bits per heavy atom. The lowest BCUT2D eigenvalue weighted by Gasteiger charge is -2.32. The third-order valence-electron chi connectivity index (χ3n) is 2.34. The van der Waals surface area contributed by atoms with Gasteiger partial charge in [0.05, 0.1) is 0 Å². The largest absolute Gasteiger partial charge is 0.347 e. The lowest BCUT2D eigenvalue weighted by molar-refractivity contribution is 0.0886. The average molecular weight is 180 g/mol. The number of carbonyl (C=O) groups is 1. The van der Waals surface area contributed by atoms with Crippen LogP contribution in [-0.4, -0.2) is 27.1 Å². The van der Waals surface area contributed by atoms with E-state index in [-0.39, 0.29) is 5.91 Å². The van der Waals surface area contributed by atoms with Gasteiger partial charge in [0.1, 0.15) is 6.33 Å². The molecule has 0 spiro atoms. The van der Waals surface area contributed by atoms with Crippen molar-refractivity contribution < 1.29 is 4.79 Å². The Balaban J connectivity index is 1.86. The number of carbonyl (C=O) groups excluding carboxylic acids is 1. The minimum Gasteiger partial charge on any atom is -0.347 e. The molecule has 0 radical (unpaired) electrons. The van der Waals surface area contributed by atoms with Crippen molar-refractivity contribution in [3.63, 3.8) is 0 Å².